The molecule has 1 aromatic heterocycles. The maximum Gasteiger partial charge on any atom is 0.231 e. The van der Waals surface area contributed by atoms with Crippen LogP contribution in [0.3, 0.4) is 0 Å². The smallest absolute Gasteiger partial charge is 0.231 e. The minimum atomic E-state index is 0.300. The number of benzene rings is 1. The maximum atomic E-state index is 5.53. The van der Waals surface area contributed by atoms with E-state index in [9.17, 15) is 0 Å². The third kappa shape index (κ3) is 2.61. The van der Waals surface area contributed by atoms with Crippen molar-refractivity contribution in [2.75, 3.05) is 12.1 Å². The largest absolute Gasteiger partial charge is 0.454 e. The standard InChI is InChI=1S/C14H15N3O2/c15-6-11-2-4-14(17-8-11)16-7-10-1-3-12-13(5-10)19-9-18-12/h1-5,8H,6-7,9,15H2,(H,16,17). The van der Waals surface area contributed by atoms with Crippen LogP contribution in [0.5, 0.6) is 11.5 Å². The van der Waals surface area contributed by atoms with Crippen molar-refractivity contribution >= 4 is 5.82 Å². The topological polar surface area (TPSA) is 69.4 Å². The summed E-state index contributed by atoms with van der Waals surface area (Å²) in [5.74, 6) is 2.43. The fraction of sp³-hybridized carbons (Fsp3) is 0.214. The van der Waals surface area contributed by atoms with E-state index in [0.717, 1.165) is 28.4 Å². The second kappa shape index (κ2) is 5.16. The molecule has 5 heteroatoms. The van der Waals surface area contributed by atoms with Gasteiger partial charge in [0.15, 0.2) is 11.5 Å². The summed E-state index contributed by atoms with van der Waals surface area (Å²) in [7, 11) is 0. The summed E-state index contributed by atoms with van der Waals surface area (Å²) in [5, 5.41) is 3.26. The van der Waals surface area contributed by atoms with Gasteiger partial charge in [0, 0.05) is 19.3 Å². The number of aromatic nitrogens is 1. The van der Waals surface area contributed by atoms with Gasteiger partial charge in [0.2, 0.25) is 6.79 Å². The molecule has 3 N–H and O–H groups in total. The molecule has 0 unspecified atom stereocenters. The number of fused-ring (bicyclic) bond motifs is 1. The van der Waals surface area contributed by atoms with Crippen LogP contribution in [0.1, 0.15) is 11.1 Å². The predicted molar refractivity (Wildman–Crippen MR) is 72.0 cm³/mol. The second-order valence-corrected chi connectivity index (χ2v) is 4.30. The van der Waals surface area contributed by atoms with E-state index in [0.29, 0.717) is 19.9 Å². The van der Waals surface area contributed by atoms with Crippen molar-refractivity contribution < 1.29 is 9.47 Å². The molecule has 1 aromatic carbocycles. The zero-order chi connectivity index (χ0) is 13.1. The van der Waals surface area contributed by atoms with Crippen molar-refractivity contribution in [1.29, 1.82) is 0 Å². The number of nitrogens with one attached hydrogen (secondary N) is 1. The molecule has 0 aliphatic carbocycles. The lowest BCUT2D eigenvalue weighted by Crippen LogP contribution is -2.02. The average Bonchev–Trinajstić information content (AvgIpc) is 2.93. The summed E-state index contributed by atoms with van der Waals surface area (Å²) in [6, 6.07) is 9.80. The van der Waals surface area contributed by atoms with E-state index in [1.54, 1.807) is 6.20 Å². The molecule has 2 aromatic rings. The monoisotopic (exact) mass is 257 g/mol. The van der Waals surface area contributed by atoms with Gasteiger partial charge in [-0.1, -0.05) is 12.1 Å². The molecule has 0 saturated carbocycles. The first-order valence-electron chi connectivity index (χ1n) is 6.12. The number of nitrogens with zero attached hydrogens (tertiary/aromatic N) is 1. The molecule has 3 rings (SSSR count). The van der Waals surface area contributed by atoms with Crippen molar-refractivity contribution in [3.8, 4) is 11.5 Å². The summed E-state index contributed by atoms with van der Waals surface area (Å²) in [6.45, 7) is 1.50. The minimum Gasteiger partial charge on any atom is -0.454 e. The summed E-state index contributed by atoms with van der Waals surface area (Å²) < 4.78 is 10.6. The molecular weight excluding hydrogens is 242 g/mol. The zero-order valence-corrected chi connectivity index (χ0v) is 10.4. The van der Waals surface area contributed by atoms with Crippen LogP contribution < -0.4 is 20.5 Å². The van der Waals surface area contributed by atoms with E-state index in [4.69, 9.17) is 15.2 Å². The third-order valence-corrected chi connectivity index (χ3v) is 2.97. The minimum absolute atomic E-state index is 0.300. The van der Waals surface area contributed by atoms with E-state index in [1.807, 2.05) is 30.3 Å². The summed E-state index contributed by atoms with van der Waals surface area (Å²) in [4.78, 5) is 4.29. The number of pyridine rings is 1. The Morgan fingerprint density at radius 3 is 2.74 bits per heavy atom. The van der Waals surface area contributed by atoms with Crippen LogP contribution in [-0.4, -0.2) is 11.8 Å². The van der Waals surface area contributed by atoms with Crippen LogP contribution in [0.25, 0.3) is 0 Å². The first kappa shape index (κ1) is 11.8. The molecule has 1 aliphatic heterocycles. The number of hydrogen-bond donors (Lipinski definition) is 2. The Bertz CT molecular complexity index is 569. The number of nitrogens with two attached hydrogens (primary N) is 1. The fourth-order valence-corrected chi connectivity index (χ4v) is 1.89. The fourth-order valence-electron chi connectivity index (χ4n) is 1.89. The highest BCUT2D eigenvalue weighted by Gasteiger charge is 2.12. The Morgan fingerprint density at radius 2 is 1.95 bits per heavy atom. The third-order valence-electron chi connectivity index (χ3n) is 2.97. The first-order chi connectivity index (χ1) is 9.35. The predicted octanol–water partition coefficient (Wildman–Crippen LogP) is 1.88. The van der Waals surface area contributed by atoms with Crippen LogP contribution >= 0.6 is 0 Å². The van der Waals surface area contributed by atoms with Crippen LogP contribution in [0.2, 0.25) is 0 Å². The lowest BCUT2D eigenvalue weighted by molar-refractivity contribution is 0.174. The molecule has 98 valence electrons. The Kier molecular flexibility index (Phi) is 3.20. The second-order valence-electron chi connectivity index (χ2n) is 4.30. The summed E-state index contributed by atoms with van der Waals surface area (Å²) in [6.07, 6.45) is 1.78. The molecule has 1 aliphatic rings. The van der Waals surface area contributed by atoms with Gasteiger partial charge in [0.1, 0.15) is 5.82 Å². The van der Waals surface area contributed by atoms with Gasteiger partial charge in [-0.15, -0.1) is 0 Å². The number of anilines is 1. The van der Waals surface area contributed by atoms with Crippen molar-refractivity contribution in [3.63, 3.8) is 0 Å². The molecule has 5 nitrogen and oxygen atoms in total. The zero-order valence-electron chi connectivity index (χ0n) is 10.4. The molecule has 2 heterocycles. The lowest BCUT2D eigenvalue weighted by atomic mass is 10.2. The SMILES string of the molecule is NCc1ccc(NCc2ccc3c(c2)OCO3)nc1. The van der Waals surface area contributed by atoms with Gasteiger partial charge in [0.05, 0.1) is 0 Å². The van der Waals surface area contributed by atoms with E-state index < -0.39 is 0 Å². The van der Waals surface area contributed by atoms with Crippen molar-refractivity contribution in [2.45, 2.75) is 13.1 Å². The van der Waals surface area contributed by atoms with Gasteiger partial charge >= 0.3 is 0 Å². The Labute approximate surface area is 111 Å². The molecule has 19 heavy (non-hydrogen) atoms. The van der Waals surface area contributed by atoms with Gasteiger partial charge < -0.3 is 20.5 Å². The van der Waals surface area contributed by atoms with Gasteiger partial charge in [0.25, 0.3) is 0 Å². The number of rotatable bonds is 4. The normalized spacial score (nSPS) is 12.5. The molecular formula is C14H15N3O2. The molecule has 0 spiro atoms. The highest BCUT2D eigenvalue weighted by molar-refractivity contribution is 5.45. The first-order valence-corrected chi connectivity index (χ1v) is 6.12. The lowest BCUT2D eigenvalue weighted by Gasteiger charge is -2.07. The van der Waals surface area contributed by atoms with Crippen LogP contribution in [0.15, 0.2) is 36.5 Å². The van der Waals surface area contributed by atoms with Crippen molar-refractivity contribution in [2.24, 2.45) is 5.73 Å². The Balaban J connectivity index is 1.65. The van der Waals surface area contributed by atoms with E-state index in [2.05, 4.69) is 10.3 Å². The van der Waals surface area contributed by atoms with E-state index >= 15 is 0 Å². The van der Waals surface area contributed by atoms with Crippen LogP contribution in [-0.2, 0) is 13.1 Å². The van der Waals surface area contributed by atoms with Gasteiger partial charge in [-0.25, -0.2) is 4.98 Å². The average molecular weight is 257 g/mol. The summed E-state index contributed by atoms with van der Waals surface area (Å²) >= 11 is 0. The van der Waals surface area contributed by atoms with Gasteiger partial charge in [-0.3, -0.25) is 0 Å². The van der Waals surface area contributed by atoms with Crippen molar-refractivity contribution in [1.82, 2.24) is 4.98 Å². The molecule has 0 amide bonds. The van der Waals surface area contributed by atoms with Crippen LogP contribution in [0, 0.1) is 0 Å². The van der Waals surface area contributed by atoms with Gasteiger partial charge in [-0.05, 0) is 29.3 Å². The molecule has 0 fully saturated rings. The number of hydrogen-bond acceptors (Lipinski definition) is 5. The highest BCUT2D eigenvalue weighted by Crippen LogP contribution is 2.32. The van der Waals surface area contributed by atoms with E-state index in [1.165, 1.54) is 0 Å². The molecule has 0 saturated heterocycles. The van der Waals surface area contributed by atoms with Crippen LogP contribution in [0.4, 0.5) is 5.82 Å². The Morgan fingerprint density at radius 1 is 1.11 bits per heavy atom. The highest BCUT2D eigenvalue weighted by atomic mass is 16.7. The van der Waals surface area contributed by atoms with E-state index in [-0.39, 0.29) is 0 Å². The molecule has 0 radical (unpaired) electrons. The van der Waals surface area contributed by atoms with Crippen molar-refractivity contribution in [3.05, 3.63) is 47.7 Å². The quantitative estimate of drug-likeness (QED) is 0.875. The molecule has 0 atom stereocenters. The van der Waals surface area contributed by atoms with Gasteiger partial charge in [-0.2, -0.15) is 0 Å². The Hall–Kier alpha value is -2.27. The number of ether oxygens (including phenoxy) is 2. The maximum absolute atomic E-state index is 5.53. The summed E-state index contributed by atoms with van der Waals surface area (Å²) in [5.41, 5.74) is 7.67. The molecule has 0 bridgehead atoms.